The molecule has 2 unspecified atom stereocenters. The van der Waals surface area contributed by atoms with Crippen molar-refractivity contribution in [3.8, 4) is 0 Å². The molecule has 4 rings (SSSR count). The second-order valence-corrected chi connectivity index (χ2v) is 7.83. The van der Waals surface area contributed by atoms with E-state index in [1.807, 2.05) is 19.9 Å². The van der Waals surface area contributed by atoms with Gasteiger partial charge in [0.1, 0.15) is 11.6 Å². The molecule has 0 spiro atoms. The van der Waals surface area contributed by atoms with Crippen molar-refractivity contribution in [2.45, 2.75) is 39.5 Å². The second kappa shape index (κ2) is 7.29. The zero-order valence-electron chi connectivity index (χ0n) is 16.5. The van der Waals surface area contributed by atoms with Crippen LogP contribution < -0.4 is 4.90 Å². The molecule has 1 aromatic heterocycles. The van der Waals surface area contributed by atoms with Crippen LogP contribution in [0, 0.1) is 26.7 Å². The summed E-state index contributed by atoms with van der Waals surface area (Å²) >= 11 is 0. The van der Waals surface area contributed by atoms with Crippen LogP contribution in [0.1, 0.15) is 41.4 Å². The van der Waals surface area contributed by atoms with Crippen LogP contribution >= 0.6 is 0 Å². The highest BCUT2D eigenvalue weighted by molar-refractivity contribution is 5.83. The van der Waals surface area contributed by atoms with Gasteiger partial charge in [0.25, 0.3) is 0 Å². The van der Waals surface area contributed by atoms with Crippen LogP contribution in [-0.4, -0.2) is 47.0 Å². The first-order valence-electron chi connectivity index (χ1n) is 9.95. The van der Waals surface area contributed by atoms with E-state index in [2.05, 4.69) is 51.0 Å². The topological polar surface area (TPSA) is 49.3 Å². The average molecular weight is 364 g/mol. The van der Waals surface area contributed by atoms with Crippen LogP contribution in [0.25, 0.3) is 0 Å². The first-order valence-corrected chi connectivity index (χ1v) is 9.95. The summed E-state index contributed by atoms with van der Waals surface area (Å²) in [6.45, 7) is 9.47. The standard InChI is InChI=1S/C22H28N4O/c1-15-16(2)23-17(3)24-21(15)25-10-7-11-26(13-12-25)22(27)20-14-19(20)18-8-5-4-6-9-18/h4-6,8-9,19-20H,7,10-14H2,1-3H3. The molecule has 1 saturated heterocycles. The molecule has 1 aliphatic heterocycles. The van der Waals surface area contributed by atoms with Crippen molar-refractivity contribution in [3.05, 3.63) is 53.0 Å². The van der Waals surface area contributed by atoms with Gasteiger partial charge in [0.15, 0.2) is 0 Å². The third-order valence-corrected chi connectivity index (χ3v) is 5.92. The van der Waals surface area contributed by atoms with E-state index in [9.17, 15) is 4.79 Å². The van der Waals surface area contributed by atoms with Crippen LogP contribution in [-0.2, 0) is 4.79 Å². The van der Waals surface area contributed by atoms with Crippen molar-refractivity contribution < 1.29 is 4.79 Å². The molecular formula is C22H28N4O. The summed E-state index contributed by atoms with van der Waals surface area (Å²) in [6, 6.07) is 10.4. The van der Waals surface area contributed by atoms with Gasteiger partial charge in [-0.25, -0.2) is 9.97 Å². The molecule has 2 aromatic rings. The van der Waals surface area contributed by atoms with E-state index < -0.39 is 0 Å². The molecule has 142 valence electrons. The van der Waals surface area contributed by atoms with E-state index in [4.69, 9.17) is 0 Å². The molecular weight excluding hydrogens is 336 g/mol. The van der Waals surface area contributed by atoms with Crippen molar-refractivity contribution >= 4 is 11.7 Å². The van der Waals surface area contributed by atoms with Gasteiger partial charge in [-0.15, -0.1) is 0 Å². The summed E-state index contributed by atoms with van der Waals surface area (Å²) in [7, 11) is 0. The lowest BCUT2D eigenvalue weighted by atomic mass is 10.1. The lowest BCUT2D eigenvalue weighted by Gasteiger charge is -2.25. The van der Waals surface area contributed by atoms with Crippen LogP contribution in [0.15, 0.2) is 30.3 Å². The molecule has 1 aromatic carbocycles. The minimum absolute atomic E-state index is 0.171. The molecule has 0 bridgehead atoms. The van der Waals surface area contributed by atoms with Gasteiger partial charge in [0.2, 0.25) is 5.91 Å². The molecule has 5 heteroatoms. The molecule has 2 atom stereocenters. The van der Waals surface area contributed by atoms with Gasteiger partial charge in [0, 0.05) is 43.4 Å². The van der Waals surface area contributed by atoms with Crippen molar-refractivity contribution in [2.24, 2.45) is 5.92 Å². The highest BCUT2D eigenvalue weighted by atomic mass is 16.2. The second-order valence-electron chi connectivity index (χ2n) is 7.83. The maximum absolute atomic E-state index is 13.0. The maximum Gasteiger partial charge on any atom is 0.226 e. The zero-order valence-corrected chi connectivity index (χ0v) is 16.5. The number of amides is 1. The molecule has 27 heavy (non-hydrogen) atoms. The molecule has 1 saturated carbocycles. The monoisotopic (exact) mass is 364 g/mol. The summed E-state index contributed by atoms with van der Waals surface area (Å²) in [6.07, 6.45) is 1.97. The lowest BCUT2D eigenvalue weighted by Crippen LogP contribution is -2.36. The van der Waals surface area contributed by atoms with Crippen molar-refractivity contribution in [3.63, 3.8) is 0 Å². The molecule has 5 nitrogen and oxygen atoms in total. The lowest BCUT2D eigenvalue weighted by molar-refractivity contribution is -0.132. The minimum Gasteiger partial charge on any atom is -0.354 e. The highest BCUT2D eigenvalue weighted by Crippen LogP contribution is 2.48. The number of rotatable bonds is 3. The van der Waals surface area contributed by atoms with Gasteiger partial charge in [-0.1, -0.05) is 30.3 Å². The number of anilines is 1. The number of nitrogens with zero attached hydrogens (tertiary/aromatic N) is 4. The Morgan fingerprint density at radius 1 is 1.00 bits per heavy atom. The first-order chi connectivity index (χ1) is 13.0. The molecule has 1 aliphatic carbocycles. The Balaban J connectivity index is 1.41. The molecule has 0 N–H and O–H groups in total. The molecule has 2 fully saturated rings. The third-order valence-electron chi connectivity index (χ3n) is 5.92. The number of benzene rings is 1. The normalized spacial score (nSPS) is 22.5. The van der Waals surface area contributed by atoms with E-state index in [1.165, 1.54) is 5.56 Å². The van der Waals surface area contributed by atoms with Crippen molar-refractivity contribution in [1.29, 1.82) is 0 Å². The summed E-state index contributed by atoms with van der Waals surface area (Å²) in [5.41, 5.74) is 3.49. The Kier molecular flexibility index (Phi) is 4.85. The Bertz CT molecular complexity index is 836. The number of carbonyl (C=O) groups is 1. The smallest absolute Gasteiger partial charge is 0.226 e. The van der Waals surface area contributed by atoms with Crippen LogP contribution in [0.3, 0.4) is 0 Å². The van der Waals surface area contributed by atoms with E-state index in [-0.39, 0.29) is 5.92 Å². The van der Waals surface area contributed by atoms with Gasteiger partial charge >= 0.3 is 0 Å². The quantitative estimate of drug-likeness (QED) is 0.839. The summed E-state index contributed by atoms with van der Waals surface area (Å²) in [5, 5.41) is 0. The van der Waals surface area contributed by atoms with E-state index in [0.29, 0.717) is 11.8 Å². The predicted molar refractivity (Wildman–Crippen MR) is 107 cm³/mol. The fourth-order valence-corrected chi connectivity index (χ4v) is 4.18. The van der Waals surface area contributed by atoms with Gasteiger partial charge < -0.3 is 9.80 Å². The minimum atomic E-state index is 0.171. The maximum atomic E-state index is 13.0. The first kappa shape index (κ1) is 18.0. The third kappa shape index (κ3) is 3.68. The number of hydrogen-bond acceptors (Lipinski definition) is 4. The van der Waals surface area contributed by atoms with Gasteiger partial charge in [-0.3, -0.25) is 4.79 Å². The number of hydrogen-bond donors (Lipinski definition) is 0. The Morgan fingerprint density at radius 3 is 2.56 bits per heavy atom. The van der Waals surface area contributed by atoms with Gasteiger partial charge in [-0.05, 0) is 45.1 Å². The van der Waals surface area contributed by atoms with Crippen molar-refractivity contribution in [2.75, 3.05) is 31.1 Å². The fourth-order valence-electron chi connectivity index (χ4n) is 4.18. The number of aryl methyl sites for hydroxylation is 2. The van der Waals surface area contributed by atoms with Crippen molar-refractivity contribution in [1.82, 2.24) is 14.9 Å². The average Bonchev–Trinajstić information content (AvgIpc) is 3.48. The van der Waals surface area contributed by atoms with Gasteiger partial charge in [-0.2, -0.15) is 0 Å². The SMILES string of the molecule is Cc1nc(C)c(C)c(N2CCCN(C(=O)C3CC3c3ccccc3)CC2)n1. The predicted octanol–water partition coefficient (Wildman–Crippen LogP) is 3.24. The zero-order chi connectivity index (χ0) is 19.0. The number of aromatic nitrogens is 2. The largest absolute Gasteiger partial charge is 0.354 e. The van der Waals surface area contributed by atoms with Crippen LogP contribution in [0.4, 0.5) is 5.82 Å². The van der Waals surface area contributed by atoms with Crippen LogP contribution in [0.5, 0.6) is 0 Å². The Hall–Kier alpha value is -2.43. The Labute approximate surface area is 161 Å². The van der Waals surface area contributed by atoms with Gasteiger partial charge in [0.05, 0.1) is 0 Å². The summed E-state index contributed by atoms with van der Waals surface area (Å²) in [5.74, 6) is 2.76. The number of carbonyl (C=O) groups excluding carboxylic acids is 1. The summed E-state index contributed by atoms with van der Waals surface area (Å²) < 4.78 is 0. The van der Waals surface area contributed by atoms with E-state index in [0.717, 1.165) is 61.9 Å². The highest BCUT2D eigenvalue weighted by Gasteiger charge is 2.45. The summed E-state index contributed by atoms with van der Waals surface area (Å²) in [4.78, 5) is 26.5. The fraction of sp³-hybridized carbons (Fsp3) is 0.500. The molecule has 2 heterocycles. The van der Waals surface area contributed by atoms with Crippen LogP contribution in [0.2, 0.25) is 0 Å². The van der Waals surface area contributed by atoms with E-state index >= 15 is 0 Å². The van der Waals surface area contributed by atoms with E-state index in [1.54, 1.807) is 0 Å². The Morgan fingerprint density at radius 2 is 1.78 bits per heavy atom. The molecule has 2 aliphatic rings. The molecule has 0 radical (unpaired) electrons. The molecule has 1 amide bonds.